The van der Waals surface area contributed by atoms with Crippen LogP contribution in [-0.2, 0) is 11.3 Å². The van der Waals surface area contributed by atoms with Gasteiger partial charge >= 0.3 is 0 Å². The SMILES string of the molecule is CNC(=O)/C=C/c1ccc(CN(C)C)cc1. The van der Waals surface area contributed by atoms with Crippen LogP contribution in [-0.4, -0.2) is 32.0 Å². The molecule has 0 fully saturated rings. The van der Waals surface area contributed by atoms with E-state index in [0.29, 0.717) is 0 Å². The van der Waals surface area contributed by atoms with Crippen LogP contribution in [0, 0.1) is 0 Å². The largest absolute Gasteiger partial charge is 0.356 e. The third kappa shape index (κ3) is 4.28. The fourth-order valence-corrected chi connectivity index (χ4v) is 1.35. The maximum atomic E-state index is 11.0. The number of carbonyl (C=O) groups is 1. The molecule has 1 rings (SSSR count). The van der Waals surface area contributed by atoms with Gasteiger partial charge in [0, 0.05) is 19.7 Å². The van der Waals surface area contributed by atoms with Crippen molar-refractivity contribution in [2.75, 3.05) is 21.1 Å². The molecule has 0 radical (unpaired) electrons. The van der Waals surface area contributed by atoms with Gasteiger partial charge in [0.25, 0.3) is 0 Å². The summed E-state index contributed by atoms with van der Waals surface area (Å²) in [5.41, 5.74) is 2.30. The monoisotopic (exact) mass is 218 g/mol. The van der Waals surface area contributed by atoms with E-state index >= 15 is 0 Å². The summed E-state index contributed by atoms with van der Waals surface area (Å²) >= 11 is 0. The summed E-state index contributed by atoms with van der Waals surface area (Å²) in [6.07, 6.45) is 3.33. The van der Waals surface area contributed by atoms with E-state index in [4.69, 9.17) is 0 Å². The van der Waals surface area contributed by atoms with Crippen LogP contribution in [0.2, 0.25) is 0 Å². The first-order valence-electron chi connectivity index (χ1n) is 5.25. The molecule has 1 aromatic carbocycles. The van der Waals surface area contributed by atoms with Gasteiger partial charge in [0.15, 0.2) is 0 Å². The Balaban J connectivity index is 2.64. The van der Waals surface area contributed by atoms with Crippen molar-refractivity contribution < 1.29 is 4.79 Å². The number of rotatable bonds is 4. The third-order valence-corrected chi connectivity index (χ3v) is 2.15. The Kier molecular flexibility index (Phi) is 4.73. The van der Waals surface area contributed by atoms with Crippen molar-refractivity contribution >= 4 is 12.0 Å². The molecule has 3 nitrogen and oxygen atoms in total. The Morgan fingerprint density at radius 3 is 2.44 bits per heavy atom. The lowest BCUT2D eigenvalue weighted by atomic mass is 10.1. The topological polar surface area (TPSA) is 32.3 Å². The van der Waals surface area contributed by atoms with Gasteiger partial charge in [-0.15, -0.1) is 0 Å². The maximum Gasteiger partial charge on any atom is 0.243 e. The highest BCUT2D eigenvalue weighted by Crippen LogP contribution is 2.07. The fraction of sp³-hybridized carbons (Fsp3) is 0.308. The predicted octanol–water partition coefficient (Wildman–Crippen LogP) is 1.51. The van der Waals surface area contributed by atoms with Crippen LogP contribution in [0.3, 0.4) is 0 Å². The molecule has 1 N–H and O–H groups in total. The van der Waals surface area contributed by atoms with Crippen molar-refractivity contribution in [2.24, 2.45) is 0 Å². The lowest BCUT2D eigenvalue weighted by Gasteiger charge is -2.09. The summed E-state index contributed by atoms with van der Waals surface area (Å²) in [6, 6.07) is 8.17. The summed E-state index contributed by atoms with van der Waals surface area (Å²) in [7, 11) is 5.70. The van der Waals surface area contributed by atoms with E-state index in [1.807, 2.05) is 26.2 Å². The van der Waals surface area contributed by atoms with Crippen LogP contribution in [0.1, 0.15) is 11.1 Å². The Bertz CT molecular complexity index is 366. The number of nitrogens with one attached hydrogen (secondary N) is 1. The molecule has 0 aliphatic rings. The molecule has 0 spiro atoms. The maximum absolute atomic E-state index is 11.0. The zero-order valence-electron chi connectivity index (χ0n) is 10.0. The van der Waals surface area contributed by atoms with Crippen LogP contribution in [0.4, 0.5) is 0 Å². The predicted molar refractivity (Wildman–Crippen MR) is 66.9 cm³/mol. The lowest BCUT2D eigenvalue weighted by molar-refractivity contribution is -0.115. The minimum absolute atomic E-state index is 0.0858. The number of hydrogen-bond donors (Lipinski definition) is 1. The van der Waals surface area contributed by atoms with Crippen LogP contribution >= 0.6 is 0 Å². The fourth-order valence-electron chi connectivity index (χ4n) is 1.35. The van der Waals surface area contributed by atoms with Crippen molar-refractivity contribution in [3.05, 3.63) is 41.5 Å². The average Bonchev–Trinajstić information content (AvgIpc) is 2.27. The second kappa shape index (κ2) is 6.08. The van der Waals surface area contributed by atoms with Crippen molar-refractivity contribution in [1.82, 2.24) is 10.2 Å². The molecule has 0 aromatic heterocycles. The lowest BCUT2D eigenvalue weighted by Crippen LogP contribution is -2.13. The smallest absolute Gasteiger partial charge is 0.243 e. The first-order chi connectivity index (χ1) is 7.61. The normalized spacial score (nSPS) is 11.0. The van der Waals surface area contributed by atoms with Gasteiger partial charge in [-0.05, 0) is 31.3 Å². The Morgan fingerprint density at radius 1 is 1.31 bits per heavy atom. The number of benzene rings is 1. The molecule has 0 saturated carbocycles. The van der Waals surface area contributed by atoms with Gasteiger partial charge in [-0.3, -0.25) is 4.79 Å². The standard InChI is InChI=1S/C13H18N2O/c1-14-13(16)9-8-11-4-6-12(7-5-11)10-15(2)3/h4-9H,10H2,1-3H3,(H,14,16)/b9-8+. The van der Waals surface area contributed by atoms with E-state index in [0.717, 1.165) is 12.1 Å². The van der Waals surface area contributed by atoms with Crippen molar-refractivity contribution in [3.8, 4) is 0 Å². The molecular weight excluding hydrogens is 200 g/mol. The Hall–Kier alpha value is -1.61. The van der Waals surface area contributed by atoms with Gasteiger partial charge in [0.2, 0.25) is 5.91 Å². The van der Waals surface area contributed by atoms with Gasteiger partial charge in [0.05, 0.1) is 0 Å². The van der Waals surface area contributed by atoms with E-state index in [9.17, 15) is 4.79 Å². The zero-order chi connectivity index (χ0) is 12.0. The van der Waals surface area contributed by atoms with E-state index in [2.05, 4.69) is 22.3 Å². The molecule has 0 atom stereocenters. The highest BCUT2D eigenvalue weighted by atomic mass is 16.1. The highest BCUT2D eigenvalue weighted by Gasteiger charge is 1.95. The van der Waals surface area contributed by atoms with Crippen LogP contribution in [0.25, 0.3) is 6.08 Å². The minimum atomic E-state index is -0.0858. The number of carbonyl (C=O) groups excluding carboxylic acids is 1. The number of hydrogen-bond acceptors (Lipinski definition) is 2. The van der Waals surface area contributed by atoms with Gasteiger partial charge < -0.3 is 10.2 Å². The number of likely N-dealkylation sites (N-methyl/N-ethyl adjacent to an activating group) is 1. The number of amides is 1. The van der Waals surface area contributed by atoms with Crippen LogP contribution in [0.5, 0.6) is 0 Å². The number of nitrogens with zero attached hydrogens (tertiary/aromatic N) is 1. The van der Waals surface area contributed by atoms with E-state index in [-0.39, 0.29) is 5.91 Å². The van der Waals surface area contributed by atoms with Gasteiger partial charge in [0.1, 0.15) is 0 Å². The molecule has 0 saturated heterocycles. The molecule has 3 heteroatoms. The average molecular weight is 218 g/mol. The summed E-state index contributed by atoms with van der Waals surface area (Å²) in [5, 5.41) is 2.54. The molecule has 1 amide bonds. The first kappa shape index (κ1) is 12.5. The van der Waals surface area contributed by atoms with Crippen molar-refractivity contribution in [1.29, 1.82) is 0 Å². The molecule has 16 heavy (non-hydrogen) atoms. The van der Waals surface area contributed by atoms with Gasteiger partial charge in [-0.25, -0.2) is 0 Å². The second-order valence-corrected chi connectivity index (χ2v) is 3.93. The molecule has 86 valence electrons. The van der Waals surface area contributed by atoms with Crippen LogP contribution in [0.15, 0.2) is 30.3 Å². The summed E-state index contributed by atoms with van der Waals surface area (Å²) < 4.78 is 0. The quantitative estimate of drug-likeness (QED) is 0.777. The molecule has 0 bridgehead atoms. The van der Waals surface area contributed by atoms with Gasteiger partial charge in [-0.2, -0.15) is 0 Å². The first-order valence-corrected chi connectivity index (χ1v) is 5.25. The summed E-state index contributed by atoms with van der Waals surface area (Å²) in [6.45, 7) is 0.930. The zero-order valence-corrected chi connectivity index (χ0v) is 10.0. The molecule has 1 aromatic rings. The van der Waals surface area contributed by atoms with Crippen LogP contribution < -0.4 is 5.32 Å². The Morgan fingerprint density at radius 2 is 1.94 bits per heavy atom. The van der Waals surface area contributed by atoms with Crippen molar-refractivity contribution in [3.63, 3.8) is 0 Å². The summed E-state index contributed by atoms with van der Waals surface area (Å²) in [4.78, 5) is 13.1. The third-order valence-electron chi connectivity index (χ3n) is 2.15. The molecule has 0 aliphatic heterocycles. The molecule has 0 heterocycles. The molecular formula is C13H18N2O. The van der Waals surface area contributed by atoms with E-state index < -0.39 is 0 Å². The van der Waals surface area contributed by atoms with E-state index in [1.165, 1.54) is 11.6 Å². The van der Waals surface area contributed by atoms with Crippen molar-refractivity contribution in [2.45, 2.75) is 6.54 Å². The van der Waals surface area contributed by atoms with Gasteiger partial charge in [-0.1, -0.05) is 24.3 Å². The summed E-state index contributed by atoms with van der Waals surface area (Å²) in [5.74, 6) is -0.0858. The molecule has 0 unspecified atom stereocenters. The molecule has 0 aliphatic carbocycles. The highest BCUT2D eigenvalue weighted by molar-refractivity contribution is 5.91. The van der Waals surface area contributed by atoms with E-state index in [1.54, 1.807) is 13.1 Å². The minimum Gasteiger partial charge on any atom is -0.356 e. The second-order valence-electron chi connectivity index (χ2n) is 3.93. The Labute approximate surface area is 96.8 Å².